The lowest BCUT2D eigenvalue weighted by Crippen LogP contribution is -2.37. The molecular formula is C15H28N4S. The van der Waals surface area contributed by atoms with E-state index in [0.29, 0.717) is 12.0 Å². The van der Waals surface area contributed by atoms with Crippen molar-refractivity contribution in [2.45, 2.75) is 39.8 Å². The Balaban J connectivity index is 1.93. The molecule has 1 fully saturated rings. The standard InChI is InChI=1S/C15H28N4S/c1-12(2)8-16-9-14-10-17-15(20-14)19-7-5-6-18(4)11-13(19)3/h10,12-13,16H,5-9,11H2,1-4H3. The highest BCUT2D eigenvalue weighted by molar-refractivity contribution is 7.15. The zero-order valence-electron chi connectivity index (χ0n) is 13.2. The van der Waals surface area contributed by atoms with E-state index >= 15 is 0 Å². The maximum atomic E-state index is 4.64. The van der Waals surface area contributed by atoms with E-state index in [2.05, 4.69) is 47.9 Å². The summed E-state index contributed by atoms with van der Waals surface area (Å²) in [4.78, 5) is 10.9. The van der Waals surface area contributed by atoms with Crippen LogP contribution in [-0.2, 0) is 6.54 Å². The van der Waals surface area contributed by atoms with E-state index < -0.39 is 0 Å². The zero-order chi connectivity index (χ0) is 14.5. The molecule has 4 nitrogen and oxygen atoms in total. The second-order valence-corrected chi connectivity index (χ2v) is 7.39. The van der Waals surface area contributed by atoms with E-state index in [9.17, 15) is 0 Å². The van der Waals surface area contributed by atoms with Gasteiger partial charge in [-0.15, -0.1) is 11.3 Å². The summed E-state index contributed by atoms with van der Waals surface area (Å²) >= 11 is 1.84. The lowest BCUT2D eigenvalue weighted by Gasteiger charge is -2.27. The van der Waals surface area contributed by atoms with Gasteiger partial charge in [-0.1, -0.05) is 13.8 Å². The molecule has 20 heavy (non-hydrogen) atoms. The predicted octanol–water partition coefficient (Wildman–Crippen LogP) is 2.42. The Bertz CT molecular complexity index is 404. The van der Waals surface area contributed by atoms with Crippen LogP contribution in [0.5, 0.6) is 0 Å². The molecule has 5 heteroatoms. The van der Waals surface area contributed by atoms with Gasteiger partial charge in [-0.2, -0.15) is 0 Å². The topological polar surface area (TPSA) is 31.4 Å². The molecule has 1 aliphatic heterocycles. The fourth-order valence-corrected chi connectivity index (χ4v) is 3.66. The normalized spacial score (nSPS) is 21.4. The number of thiazole rings is 1. The van der Waals surface area contributed by atoms with Crippen molar-refractivity contribution in [1.29, 1.82) is 0 Å². The summed E-state index contributed by atoms with van der Waals surface area (Å²) in [5, 5.41) is 4.68. The number of nitrogens with zero attached hydrogens (tertiary/aromatic N) is 3. The Kier molecular flexibility index (Phi) is 5.81. The number of aromatic nitrogens is 1. The van der Waals surface area contributed by atoms with Crippen LogP contribution in [0.1, 0.15) is 32.1 Å². The van der Waals surface area contributed by atoms with Crippen molar-refractivity contribution in [1.82, 2.24) is 15.2 Å². The molecule has 0 aliphatic carbocycles. The second-order valence-electron chi connectivity index (χ2n) is 6.29. The van der Waals surface area contributed by atoms with E-state index in [4.69, 9.17) is 0 Å². The van der Waals surface area contributed by atoms with Gasteiger partial charge in [0.05, 0.1) is 0 Å². The van der Waals surface area contributed by atoms with E-state index in [1.165, 1.54) is 23.0 Å². The third-order valence-corrected chi connectivity index (χ3v) is 4.72. The average Bonchev–Trinajstić information content (AvgIpc) is 2.75. The van der Waals surface area contributed by atoms with Crippen molar-refractivity contribution in [2.75, 3.05) is 38.1 Å². The molecule has 114 valence electrons. The summed E-state index contributed by atoms with van der Waals surface area (Å²) in [6.07, 6.45) is 3.26. The maximum absolute atomic E-state index is 4.64. The molecule has 1 aromatic heterocycles. The highest BCUT2D eigenvalue weighted by atomic mass is 32.1. The molecule has 1 aromatic rings. The molecule has 2 heterocycles. The minimum atomic E-state index is 0.546. The summed E-state index contributed by atoms with van der Waals surface area (Å²) in [5.41, 5.74) is 0. The minimum absolute atomic E-state index is 0.546. The molecule has 1 N–H and O–H groups in total. The van der Waals surface area contributed by atoms with Crippen molar-refractivity contribution >= 4 is 16.5 Å². The van der Waals surface area contributed by atoms with Crippen LogP contribution in [0.4, 0.5) is 5.13 Å². The Morgan fingerprint density at radius 2 is 2.25 bits per heavy atom. The summed E-state index contributed by atoms with van der Waals surface area (Å²) in [7, 11) is 2.21. The molecule has 0 amide bonds. The molecule has 1 aliphatic rings. The highest BCUT2D eigenvalue weighted by Crippen LogP contribution is 2.25. The van der Waals surface area contributed by atoms with Crippen LogP contribution >= 0.6 is 11.3 Å². The monoisotopic (exact) mass is 296 g/mol. The molecule has 1 atom stereocenters. The van der Waals surface area contributed by atoms with E-state index in [1.807, 2.05) is 17.5 Å². The second kappa shape index (κ2) is 7.38. The van der Waals surface area contributed by atoms with E-state index in [-0.39, 0.29) is 0 Å². The Morgan fingerprint density at radius 1 is 1.45 bits per heavy atom. The molecule has 0 saturated carbocycles. The van der Waals surface area contributed by atoms with Crippen molar-refractivity contribution in [2.24, 2.45) is 5.92 Å². The third kappa shape index (κ3) is 4.43. The van der Waals surface area contributed by atoms with Crippen LogP contribution in [0.15, 0.2) is 6.20 Å². The van der Waals surface area contributed by atoms with Crippen LogP contribution in [-0.4, -0.2) is 49.2 Å². The summed E-state index contributed by atoms with van der Waals surface area (Å²) in [5.74, 6) is 0.698. The van der Waals surface area contributed by atoms with Gasteiger partial charge in [0.25, 0.3) is 0 Å². The van der Waals surface area contributed by atoms with Crippen molar-refractivity contribution in [3.63, 3.8) is 0 Å². The number of anilines is 1. The number of hydrogen-bond acceptors (Lipinski definition) is 5. The molecular weight excluding hydrogens is 268 g/mol. The number of rotatable bonds is 5. The minimum Gasteiger partial charge on any atom is -0.344 e. The Labute approximate surface area is 127 Å². The predicted molar refractivity (Wildman–Crippen MR) is 87.6 cm³/mol. The third-order valence-electron chi connectivity index (χ3n) is 3.69. The van der Waals surface area contributed by atoms with Crippen molar-refractivity contribution in [3.8, 4) is 0 Å². The van der Waals surface area contributed by atoms with Gasteiger partial charge in [-0.25, -0.2) is 4.98 Å². The fraction of sp³-hybridized carbons (Fsp3) is 0.800. The molecule has 1 unspecified atom stereocenters. The van der Waals surface area contributed by atoms with Gasteiger partial charge in [-0.05, 0) is 39.4 Å². The molecule has 0 aromatic carbocycles. The molecule has 0 bridgehead atoms. The van der Waals surface area contributed by atoms with Crippen molar-refractivity contribution in [3.05, 3.63) is 11.1 Å². The number of hydrogen-bond donors (Lipinski definition) is 1. The average molecular weight is 296 g/mol. The molecule has 1 saturated heterocycles. The quantitative estimate of drug-likeness (QED) is 0.904. The van der Waals surface area contributed by atoms with E-state index in [1.54, 1.807) is 0 Å². The van der Waals surface area contributed by atoms with Crippen molar-refractivity contribution < 1.29 is 0 Å². The van der Waals surface area contributed by atoms with Gasteiger partial charge in [0.2, 0.25) is 0 Å². The zero-order valence-corrected chi connectivity index (χ0v) is 14.0. The van der Waals surface area contributed by atoms with Crippen LogP contribution < -0.4 is 10.2 Å². The molecule has 0 spiro atoms. The first-order valence-corrected chi connectivity index (χ1v) is 8.48. The maximum Gasteiger partial charge on any atom is 0.185 e. The summed E-state index contributed by atoms with van der Waals surface area (Å²) in [6, 6.07) is 0.546. The largest absolute Gasteiger partial charge is 0.344 e. The number of nitrogens with one attached hydrogen (secondary N) is 1. The van der Waals surface area contributed by atoms with Gasteiger partial charge in [-0.3, -0.25) is 0 Å². The van der Waals surface area contributed by atoms with Gasteiger partial charge in [0.15, 0.2) is 5.13 Å². The molecule has 0 radical (unpaired) electrons. The van der Waals surface area contributed by atoms with Crippen LogP contribution in [0, 0.1) is 5.92 Å². The summed E-state index contributed by atoms with van der Waals surface area (Å²) in [6.45, 7) is 12.2. The van der Waals surface area contributed by atoms with Crippen LogP contribution in [0.3, 0.4) is 0 Å². The van der Waals surface area contributed by atoms with Gasteiger partial charge in [0.1, 0.15) is 0 Å². The highest BCUT2D eigenvalue weighted by Gasteiger charge is 2.22. The van der Waals surface area contributed by atoms with E-state index in [0.717, 1.165) is 26.2 Å². The van der Waals surface area contributed by atoms with Gasteiger partial charge in [0, 0.05) is 36.8 Å². The SMILES string of the molecule is CC(C)CNCc1cnc(N2CCCN(C)CC2C)s1. The Morgan fingerprint density at radius 3 is 3.00 bits per heavy atom. The first-order chi connectivity index (χ1) is 9.56. The summed E-state index contributed by atoms with van der Waals surface area (Å²) < 4.78 is 0. The first-order valence-electron chi connectivity index (χ1n) is 7.67. The number of likely N-dealkylation sites (N-methyl/N-ethyl adjacent to an activating group) is 1. The fourth-order valence-electron chi connectivity index (χ4n) is 2.65. The van der Waals surface area contributed by atoms with Gasteiger partial charge < -0.3 is 15.1 Å². The lowest BCUT2D eigenvalue weighted by molar-refractivity contribution is 0.337. The van der Waals surface area contributed by atoms with Crippen LogP contribution in [0.25, 0.3) is 0 Å². The Hall–Kier alpha value is -0.650. The first kappa shape index (κ1) is 15.7. The lowest BCUT2D eigenvalue weighted by atomic mass is 10.2. The molecule has 2 rings (SSSR count). The van der Waals surface area contributed by atoms with Gasteiger partial charge >= 0.3 is 0 Å². The smallest absolute Gasteiger partial charge is 0.185 e. The van der Waals surface area contributed by atoms with Crippen LogP contribution in [0.2, 0.25) is 0 Å².